The highest BCUT2D eigenvalue weighted by atomic mass is 32.1. The van der Waals surface area contributed by atoms with Crippen molar-refractivity contribution in [1.82, 2.24) is 4.98 Å². The van der Waals surface area contributed by atoms with Crippen molar-refractivity contribution in [3.63, 3.8) is 0 Å². The van der Waals surface area contributed by atoms with Gasteiger partial charge >= 0.3 is 5.97 Å². The van der Waals surface area contributed by atoms with E-state index >= 15 is 0 Å². The lowest BCUT2D eigenvalue weighted by Crippen LogP contribution is -2.00. The van der Waals surface area contributed by atoms with Crippen LogP contribution in [-0.2, 0) is 0 Å². The van der Waals surface area contributed by atoms with Gasteiger partial charge in [-0.3, -0.25) is 0 Å². The monoisotopic (exact) mass is 270 g/mol. The summed E-state index contributed by atoms with van der Waals surface area (Å²) in [7, 11) is 0. The number of nitrogens with zero attached hydrogens (tertiary/aromatic N) is 1. The number of carboxylic acid groups (broad SMARTS) is 1. The number of carboxylic acids is 1. The maximum Gasteiger partial charge on any atom is 0.347 e. The van der Waals surface area contributed by atoms with E-state index in [1.54, 1.807) is 6.92 Å². The van der Waals surface area contributed by atoms with Crippen LogP contribution in [-0.4, -0.2) is 22.6 Å². The number of unbranched alkanes of at least 4 members (excludes halogenated alkanes) is 5. The average Bonchev–Trinajstić information content (AvgIpc) is 2.69. The molecule has 0 bridgehead atoms. The van der Waals surface area contributed by atoms with Gasteiger partial charge in [0.25, 0.3) is 0 Å². The predicted molar refractivity (Wildman–Crippen MR) is 75.7 cm³/mol. The maximum absolute atomic E-state index is 10.9. The fourth-order valence-corrected chi connectivity index (χ4v) is 2.60. The molecule has 0 aromatic carbocycles. The SMILES string of the molecule is CCCCCCCCNc1nc(C)c(C(=O)O)s1. The van der Waals surface area contributed by atoms with Gasteiger partial charge in [0.15, 0.2) is 5.13 Å². The number of nitrogens with one attached hydrogen (secondary N) is 1. The second kappa shape index (κ2) is 8.08. The molecule has 4 nitrogen and oxygen atoms in total. The molecule has 0 saturated carbocycles. The third-order valence-corrected chi connectivity index (χ3v) is 3.90. The minimum Gasteiger partial charge on any atom is -0.477 e. The van der Waals surface area contributed by atoms with Gasteiger partial charge in [0.05, 0.1) is 5.69 Å². The van der Waals surface area contributed by atoms with Crippen LogP contribution in [0.15, 0.2) is 0 Å². The van der Waals surface area contributed by atoms with Gasteiger partial charge in [-0.25, -0.2) is 9.78 Å². The molecule has 1 heterocycles. The van der Waals surface area contributed by atoms with E-state index in [4.69, 9.17) is 5.11 Å². The van der Waals surface area contributed by atoms with E-state index in [9.17, 15) is 4.79 Å². The summed E-state index contributed by atoms with van der Waals surface area (Å²) < 4.78 is 0. The molecule has 1 aromatic heterocycles. The molecule has 0 spiro atoms. The third-order valence-electron chi connectivity index (χ3n) is 2.80. The average molecular weight is 270 g/mol. The van der Waals surface area contributed by atoms with Crippen LogP contribution in [0.1, 0.15) is 60.8 Å². The molecule has 1 aromatic rings. The molecule has 0 aliphatic carbocycles. The van der Waals surface area contributed by atoms with Gasteiger partial charge in [0, 0.05) is 6.54 Å². The normalized spacial score (nSPS) is 10.6. The summed E-state index contributed by atoms with van der Waals surface area (Å²) in [5.41, 5.74) is 0.595. The first-order valence-corrected chi connectivity index (χ1v) is 7.41. The van der Waals surface area contributed by atoms with Crippen molar-refractivity contribution in [1.29, 1.82) is 0 Å². The number of rotatable bonds is 9. The Bertz CT molecular complexity index is 377. The lowest BCUT2D eigenvalue weighted by Gasteiger charge is -2.02. The van der Waals surface area contributed by atoms with E-state index in [1.807, 2.05) is 0 Å². The molecule has 1 rings (SSSR count). The van der Waals surface area contributed by atoms with Gasteiger partial charge in [-0.1, -0.05) is 50.4 Å². The van der Waals surface area contributed by atoms with Crippen molar-refractivity contribution in [3.8, 4) is 0 Å². The zero-order chi connectivity index (χ0) is 13.4. The van der Waals surface area contributed by atoms with Gasteiger partial charge in [0.2, 0.25) is 0 Å². The van der Waals surface area contributed by atoms with Crippen LogP contribution in [0.4, 0.5) is 5.13 Å². The molecule has 2 N–H and O–H groups in total. The summed E-state index contributed by atoms with van der Waals surface area (Å²) in [4.78, 5) is 15.4. The molecule has 0 unspecified atom stereocenters. The first-order chi connectivity index (χ1) is 8.65. The number of carbonyl (C=O) groups is 1. The fourth-order valence-electron chi connectivity index (χ4n) is 1.77. The van der Waals surface area contributed by atoms with Crippen molar-refractivity contribution in [2.75, 3.05) is 11.9 Å². The van der Waals surface area contributed by atoms with Gasteiger partial charge in [-0.05, 0) is 13.3 Å². The first-order valence-electron chi connectivity index (χ1n) is 6.59. The molecule has 0 amide bonds. The van der Waals surface area contributed by atoms with Crippen molar-refractivity contribution in [2.24, 2.45) is 0 Å². The van der Waals surface area contributed by atoms with Crippen LogP contribution in [0.2, 0.25) is 0 Å². The number of aromatic nitrogens is 1. The molecule has 0 saturated heterocycles. The second-order valence-electron chi connectivity index (χ2n) is 4.43. The summed E-state index contributed by atoms with van der Waals surface area (Å²) in [5, 5.41) is 12.8. The molecule has 0 fully saturated rings. The van der Waals surface area contributed by atoms with Crippen LogP contribution >= 0.6 is 11.3 Å². The minimum absolute atomic E-state index is 0.334. The molecule has 18 heavy (non-hydrogen) atoms. The zero-order valence-electron chi connectivity index (χ0n) is 11.2. The van der Waals surface area contributed by atoms with E-state index in [-0.39, 0.29) is 0 Å². The molecule has 102 valence electrons. The van der Waals surface area contributed by atoms with Gasteiger partial charge in [-0.15, -0.1) is 0 Å². The summed E-state index contributed by atoms with van der Waals surface area (Å²) in [6.07, 6.45) is 7.53. The number of hydrogen-bond donors (Lipinski definition) is 2. The summed E-state index contributed by atoms with van der Waals surface area (Å²) >= 11 is 1.22. The van der Waals surface area contributed by atoms with Gasteiger partial charge < -0.3 is 10.4 Å². The molecule has 0 radical (unpaired) electrons. The highest BCUT2D eigenvalue weighted by molar-refractivity contribution is 7.17. The molecule has 5 heteroatoms. The van der Waals surface area contributed by atoms with E-state index < -0.39 is 5.97 Å². The number of hydrogen-bond acceptors (Lipinski definition) is 4. The van der Waals surface area contributed by atoms with E-state index in [0.717, 1.165) is 18.1 Å². The highest BCUT2D eigenvalue weighted by Crippen LogP contribution is 2.22. The highest BCUT2D eigenvalue weighted by Gasteiger charge is 2.13. The van der Waals surface area contributed by atoms with Crippen molar-refractivity contribution >= 4 is 22.4 Å². The molecule has 0 atom stereocenters. The van der Waals surface area contributed by atoms with E-state index in [0.29, 0.717) is 10.6 Å². The number of thiazole rings is 1. The van der Waals surface area contributed by atoms with Crippen LogP contribution < -0.4 is 5.32 Å². The standard InChI is InChI=1S/C13H22N2O2S/c1-3-4-5-6-7-8-9-14-13-15-10(2)11(18-13)12(16)17/h3-9H2,1-2H3,(H,14,15)(H,16,17). The lowest BCUT2D eigenvalue weighted by molar-refractivity contribution is 0.0701. The van der Waals surface area contributed by atoms with E-state index in [2.05, 4.69) is 17.2 Å². The number of anilines is 1. The molecule has 0 aliphatic heterocycles. The van der Waals surface area contributed by atoms with Gasteiger partial charge in [0.1, 0.15) is 4.88 Å². The predicted octanol–water partition coefficient (Wildman–Crippen LogP) is 3.92. The second-order valence-corrected chi connectivity index (χ2v) is 5.43. The van der Waals surface area contributed by atoms with Crippen molar-refractivity contribution in [2.45, 2.75) is 52.4 Å². The summed E-state index contributed by atoms with van der Waals surface area (Å²) in [5.74, 6) is -0.891. The van der Waals surface area contributed by atoms with Gasteiger partial charge in [-0.2, -0.15) is 0 Å². The Hall–Kier alpha value is -1.10. The first kappa shape index (κ1) is 15.0. The lowest BCUT2D eigenvalue weighted by atomic mass is 10.1. The van der Waals surface area contributed by atoms with Crippen LogP contribution in [0.25, 0.3) is 0 Å². The van der Waals surface area contributed by atoms with Crippen LogP contribution in [0.3, 0.4) is 0 Å². The Kier molecular flexibility index (Phi) is 6.72. The molecule has 0 aliphatic rings. The Morgan fingerprint density at radius 2 is 1.94 bits per heavy atom. The van der Waals surface area contributed by atoms with Crippen LogP contribution in [0.5, 0.6) is 0 Å². The largest absolute Gasteiger partial charge is 0.477 e. The Morgan fingerprint density at radius 3 is 2.56 bits per heavy atom. The fraction of sp³-hybridized carbons (Fsp3) is 0.692. The molecular formula is C13H22N2O2S. The minimum atomic E-state index is -0.891. The topological polar surface area (TPSA) is 62.2 Å². The van der Waals surface area contributed by atoms with E-state index in [1.165, 1.54) is 43.4 Å². The maximum atomic E-state index is 10.9. The number of aryl methyl sites for hydroxylation is 1. The summed E-state index contributed by atoms with van der Waals surface area (Å²) in [6, 6.07) is 0. The third kappa shape index (κ3) is 5.04. The smallest absolute Gasteiger partial charge is 0.347 e. The molecular weight excluding hydrogens is 248 g/mol. The van der Waals surface area contributed by atoms with Crippen molar-refractivity contribution < 1.29 is 9.90 Å². The Morgan fingerprint density at radius 1 is 1.28 bits per heavy atom. The van der Waals surface area contributed by atoms with Crippen molar-refractivity contribution in [3.05, 3.63) is 10.6 Å². The Balaban J connectivity index is 2.19. The quantitative estimate of drug-likeness (QED) is 0.668. The zero-order valence-corrected chi connectivity index (χ0v) is 12.0. The van der Waals surface area contributed by atoms with Crippen LogP contribution in [0, 0.1) is 6.92 Å². The summed E-state index contributed by atoms with van der Waals surface area (Å²) in [6.45, 7) is 4.82. The number of aromatic carboxylic acids is 1. The Labute approximate surface area is 112 Å².